The number of aryl methyl sites for hydroxylation is 1. The first-order valence-corrected chi connectivity index (χ1v) is 17.7. The van der Waals surface area contributed by atoms with Gasteiger partial charge in [0.1, 0.15) is 24.6 Å². The van der Waals surface area contributed by atoms with Crippen molar-refractivity contribution >= 4 is 39.1 Å². The number of likely N-dealkylation sites (N-methyl/N-ethyl adjacent to an activating group) is 1. The van der Waals surface area contributed by atoms with Gasteiger partial charge in [-0.3, -0.25) is 9.59 Å². The van der Waals surface area contributed by atoms with Crippen LogP contribution in [0.2, 0.25) is 5.02 Å². The third kappa shape index (κ3) is 8.05. The minimum Gasteiger partial charge on any atom is -0.487 e. The average Bonchev–Trinajstić information content (AvgIpc) is 3.02. The minimum atomic E-state index is -4.22. The number of nitrogens with one attached hydrogen (secondary N) is 1. The fraction of sp³-hybridized carbons (Fsp3) is 0.529. The molecule has 0 unspecified atom stereocenters. The highest BCUT2D eigenvalue weighted by Crippen LogP contribution is 2.42. The molecular weight excluding hydrogens is 630 g/mol. The van der Waals surface area contributed by atoms with Crippen LogP contribution in [0.4, 0.5) is 5.69 Å². The summed E-state index contributed by atoms with van der Waals surface area (Å²) in [7, 11) is -0.825. The minimum absolute atomic E-state index is 0.0355. The zero-order chi connectivity index (χ0) is 33.1. The Kier molecular flexibility index (Phi) is 10.7. The molecule has 12 heteroatoms. The molecule has 250 valence electrons. The van der Waals surface area contributed by atoms with E-state index < -0.39 is 21.5 Å². The van der Waals surface area contributed by atoms with Crippen LogP contribution >= 0.6 is 11.6 Å². The second kappa shape index (κ2) is 14.3. The molecule has 2 heterocycles. The number of carbonyl (C=O) groups is 2. The highest BCUT2D eigenvalue weighted by atomic mass is 35.5. The Hall–Kier alpha value is -3.12. The van der Waals surface area contributed by atoms with Crippen molar-refractivity contribution < 1.29 is 32.2 Å². The number of hydrogen-bond donors (Lipinski definition) is 1. The van der Waals surface area contributed by atoms with E-state index in [1.807, 2.05) is 24.3 Å². The predicted octanol–water partition coefficient (Wildman–Crippen LogP) is 4.73. The van der Waals surface area contributed by atoms with Gasteiger partial charge in [-0.2, -0.15) is 0 Å². The van der Waals surface area contributed by atoms with Gasteiger partial charge in [-0.05, 0) is 99.2 Å². The monoisotopic (exact) mass is 673 g/mol. The summed E-state index contributed by atoms with van der Waals surface area (Å²) < 4.78 is 47.7. The van der Waals surface area contributed by atoms with Crippen LogP contribution < -0.4 is 14.4 Å². The number of sulfonamides is 1. The van der Waals surface area contributed by atoms with Gasteiger partial charge in [0.2, 0.25) is 5.91 Å². The molecule has 3 aliphatic rings. The summed E-state index contributed by atoms with van der Waals surface area (Å²) in [4.78, 5) is 29.3. The number of anilines is 1. The number of hydrogen-bond acceptors (Lipinski definition) is 8. The van der Waals surface area contributed by atoms with E-state index in [9.17, 15) is 18.0 Å². The maximum absolute atomic E-state index is 13.5. The maximum atomic E-state index is 13.5. The van der Waals surface area contributed by atoms with Crippen LogP contribution in [0.25, 0.3) is 0 Å². The fourth-order valence-electron chi connectivity index (χ4n) is 6.06. The van der Waals surface area contributed by atoms with E-state index in [2.05, 4.69) is 9.62 Å². The number of rotatable bonds is 3. The summed E-state index contributed by atoms with van der Waals surface area (Å²) in [6, 6.07) is 10.5. The normalized spacial score (nSPS) is 25.3. The lowest BCUT2D eigenvalue weighted by atomic mass is 9.70. The second-order valence-corrected chi connectivity index (χ2v) is 15.1. The molecule has 2 aliphatic heterocycles. The molecular formula is C34H44ClN3O7S. The van der Waals surface area contributed by atoms with E-state index in [0.717, 1.165) is 43.2 Å². The highest BCUT2D eigenvalue weighted by molar-refractivity contribution is 7.90. The van der Waals surface area contributed by atoms with E-state index >= 15 is 0 Å². The molecule has 3 atom stereocenters. The number of nitrogens with zero attached hydrogens (tertiary/aromatic N) is 2. The Morgan fingerprint density at radius 2 is 1.93 bits per heavy atom. The predicted molar refractivity (Wildman–Crippen MR) is 177 cm³/mol. The van der Waals surface area contributed by atoms with Crippen molar-refractivity contribution in [2.75, 3.05) is 45.3 Å². The molecule has 2 aromatic rings. The molecule has 0 saturated heterocycles. The van der Waals surface area contributed by atoms with Gasteiger partial charge in [0.25, 0.3) is 15.9 Å². The van der Waals surface area contributed by atoms with Crippen molar-refractivity contribution in [3.63, 3.8) is 0 Å². The smallest absolute Gasteiger partial charge is 0.265 e. The number of carbonyl (C=O) groups excluding carboxylic acids is 2. The number of halogens is 1. The average molecular weight is 674 g/mol. The van der Waals surface area contributed by atoms with Crippen LogP contribution in [-0.2, 0) is 42.1 Å². The van der Waals surface area contributed by atoms with Crippen LogP contribution in [0.1, 0.15) is 50.7 Å². The van der Waals surface area contributed by atoms with E-state index in [1.54, 1.807) is 32.3 Å². The van der Waals surface area contributed by atoms with Gasteiger partial charge in [0.05, 0.1) is 23.3 Å². The van der Waals surface area contributed by atoms with Gasteiger partial charge < -0.3 is 24.0 Å². The quantitative estimate of drug-likeness (QED) is 0.466. The molecule has 2 aromatic carbocycles. The molecule has 0 aromatic heterocycles. The molecule has 1 saturated carbocycles. The lowest BCUT2D eigenvalue weighted by molar-refractivity contribution is -0.139. The zero-order valence-corrected chi connectivity index (χ0v) is 28.5. The molecule has 2 bridgehead atoms. The number of fused-ring (bicyclic) bond motifs is 3. The first-order valence-electron chi connectivity index (χ1n) is 15.8. The van der Waals surface area contributed by atoms with Gasteiger partial charge in [-0.25, -0.2) is 13.1 Å². The van der Waals surface area contributed by atoms with Crippen molar-refractivity contribution in [3.8, 4) is 5.75 Å². The SMILES string of the molecule is CN(C)C(=O)CO[C@H]1/C=C/COC(C)(C)C(=O)NS(=O)(=O)c2ccc3c(c2)N(CCCCc2cc(Cl)ccc2CO3)C[C@@H]2CC[C@H]21. The van der Waals surface area contributed by atoms with Crippen molar-refractivity contribution in [1.82, 2.24) is 9.62 Å². The number of benzene rings is 2. The summed E-state index contributed by atoms with van der Waals surface area (Å²) in [5.74, 6) is 0.00802. The van der Waals surface area contributed by atoms with E-state index in [4.69, 9.17) is 25.8 Å². The third-order valence-electron chi connectivity index (χ3n) is 9.15. The van der Waals surface area contributed by atoms with Crippen molar-refractivity contribution in [2.24, 2.45) is 11.8 Å². The zero-order valence-electron chi connectivity index (χ0n) is 27.0. The Morgan fingerprint density at radius 1 is 1.13 bits per heavy atom. The molecule has 1 fully saturated rings. The number of ether oxygens (including phenoxy) is 3. The Bertz CT molecular complexity index is 1580. The molecule has 2 amide bonds. The molecule has 10 nitrogen and oxygen atoms in total. The maximum Gasteiger partial charge on any atom is 0.265 e. The molecule has 1 N–H and O–H groups in total. The van der Waals surface area contributed by atoms with Crippen LogP contribution in [0.15, 0.2) is 53.4 Å². The van der Waals surface area contributed by atoms with Gasteiger partial charge in [-0.15, -0.1) is 0 Å². The summed E-state index contributed by atoms with van der Waals surface area (Å²) >= 11 is 6.32. The Labute approximate surface area is 277 Å². The topological polar surface area (TPSA) is 114 Å². The molecule has 0 radical (unpaired) electrons. The molecule has 5 rings (SSSR count). The lowest BCUT2D eigenvalue weighted by Gasteiger charge is -2.44. The molecule has 46 heavy (non-hydrogen) atoms. The number of amides is 2. The van der Waals surface area contributed by atoms with Gasteiger partial charge in [-0.1, -0.05) is 29.8 Å². The van der Waals surface area contributed by atoms with Crippen LogP contribution in [-0.4, -0.2) is 77.2 Å². The first kappa shape index (κ1) is 34.2. The fourth-order valence-corrected chi connectivity index (χ4v) is 7.37. The summed E-state index contributed by atoms with van der Waals surface area (Å²) in [5.41, 5.74) is 1.38. The van der Waals surface area contributed by atoms with Crippen molar-refractivity contribution in [3.05, 3.63) is 64.7 Å². The standard InChI is InChI=1S/C34H44ClN3O7S/c1-34(2)33(40)36-46(41,42)27-13-15-31-29(19-27)38(16-6-5-8-23-18-26(35)12-10-25(23)21-43-31)20-24-11-14-28(24)30(9-7-17-45-34)44-22-32(39)37(3)4/h7,9-10,12-13,15,18-19,24,28,30H,5-6,8,11,14,16-17,20-22H2,1-4H3,(H,36,40)/b9-7+/t24-,28+,30-/m0/s1. The highest BCUT2D eigenvalue weighted by Gasteiger charge is 2.39. The molecule has 1 aliphatic carbocycles. The largest absolute Gasteiger partial charge is 0.487 e. The van der Waals surface area contributed by atoms with E-state index in [1.165, 1.54) is 24.8 Å². The van der Waals surface area contributed by atoms with E-state index in [0.29, 0.717) is 36.2 Å². The summed E-state index contributed by atoms with van der Waals surface area (Å²) in [6.45, 7) is 4.69. The van der Waals surface area contributed by atoms with Crippen molar-refractivity contribution in [1.29, 1.82) is 0 Å². The van der Waals surface area contributed by atoms with E-state index in [-0.39, 0.29) is 42.0 Å². The summed E-state index contributed by atoms with van der Waals surface area (Å²) in [6.07, 6.45) is 7.86. The van der Waals surface area contributed by atoms with Gasteiger partial charge in [0, 0.05) is 32.2 Å². The second-order valence-electron chi connectivity index (χ2n) is 13.0. The first-order chi connectivity index (χ1) is 21.8. The third-order valence-corrected chi connectivity index (χ3v) is 10.7. The van der Waals surface area contributed by atoms with Crippen LogP contribution in [0, 0.1) is 11.8 Å². The summed E-state index contributed by atoms with van der Waals surface area (Å²) in [5, 5.41) is 0.680. The van der Waals surface area contributed by atoms with Crippen LogP contribution in [0.3, 0.4) is 0 Å². The Balaban J connectivity index is 1.53. The Morgan fingerprint density at radius 3 is 2.67 bits per heavy atom. The van der Waals surface area contributed by atoms with Crippen LogP contribution in [0.5, 0.6) is 5.75 Å². The van der Waals surface area contributed by atoms with Gasteiger partial charge in [0.15, 0.2) is 0 Å². The lowest BCUT2D eigenvalue weighted by Crippen LogP contribution is -2.47. The van der Waals surface area contributed by atoms with Gasteiger partial charge >= 0.3 is 0 Å². The van der Waals surface area contributed by atoms with Crippen molar-refractivity contribution in [2.45, 2.75) is 69.2 Å². The molecule has 0 spiro atoms.